The molecule has 62 valence electrons. The highest BCUT2D eigenvalue weighted by molar-refractivity contribution is 5.95. The average Bonchev–Trinajstić information content (AvgIpc) is 2.03. The van der Waals surface area contributed by atoms with Crippen molar-refractivity contribution >= 4 is 12.5 Å². The van der Waals surface area contributed by atoms with Crippen LogP contribution in [0.4, 0.5) is 0 Å². The Labute approximate surface area is 66.5 Å². The first kappa shape index (κ1) is 10.0. The van der Waals surface area contributed by atoms with Gasteiger partial charge in [-0.2, -0.15) is 0 Å². The van der Waals surface area contributed by atoms with Crippen molar-refractivity contribution in [1.29, 1.82) is 0 Å². The lowest BCUT2D eigenvalue weighted by atomic mass is 10.1. The standard InChI is InChI=1S/C8H13NO2/c1-3-8(11)7(4-5-10)6-9-2/h6,10H,2-5H2,1H3. The van der Waals surface area contributed by atoms with E-state index in [0.29, 0.717) is 18.4 Å². The SMILES string of the molecule is C=NC=C(CCO)C(=O)CC. The van der Waals surface area contributed by atoms with Crippen molar-refractivity contribution in [3.05, 3.63) is 11.8 Å². The molecule has 0 aromatic rings. The molecule has 0 amide bonds. The Balaban J connectivity index is 4.20. The fourth-order valence-corrected chi connectivity index (χ4v) is 0.734. The number of carbonyl (C=O) groups is 1. The van der Waals surface area contributed by atoms with E-state index >= 15 is 0 Å². The number of nitrogens with zero attached hydrogens (tertiary/aromatic N) is 1. The molecule has 0 aliphatic carbocycles. The van der Waals surface area contributed by atoms with Gasteiger partial charge < -0.3 is 5.11 Å². The predicted octanol–water partition coefficient (Wildman–Crippen LogP) is 0.932. The van der Waals surface area contributed by atoms with Crippen molar-refractivity contribution in [3.63, 3.8) is 0 Å². The van der Waals surface area contributed by atoms with Crippen molar-refractivity contribution < 1.29 is 9.90 Å². The van der Waals surface area contributed by atoms with Crippen LogP contribution in [0.25, 0.3) is 0 Å². The second kappa shape index (κ2) is 5.80. The molecule has 1 N–H and O–H groups in total. The van der Waals surface area contributed by atoms with E-state index in [1.165, 1.54) is 6.20 Å². The van der Waals surface area contributed by atoms with Gasteiger partial charge in [0, 0.05) is 31.2 Å². The van der Waals surface area contributed by atoms with Gasteiger partial charge in [-0.3, -0.25) is 9.79 Å². The molecule has 0 atom stereocenters. The highest BCUT2D eigenvalue weighted by Gasteiger charge is 2.04. The lowest BCUT2D eigenvalue weighted by molar-refractivity contribution is -0.115. The minimum atomic E-state index is -0.0207. The number of ketones is 1. The van der Waals surface area contributed by atoms with Gasteiger partial charge in [0.2, 0.25) is 0 Å². The number of hydrogen-bond acceptors (Lipinski definition) is 3. The lowest BCUT2D eigenvalue weighted by Crippen LogP contribution is -2.02. The monoisotopic (exact) mass is 155 g/mol. The molecule has 0 rings (SSSR count). The molecule has 11 heavy (non-hydrogen) atoms. The molecule has 3 nitrogen and oxygen atoms in total. The summed E-state index contributed by atoms with van der Waals surface area (Å²) < 4.78 is 0. The van der Waals surface area contributed by atoms with Crippen LogP contribution in [0.2, 0.25) is 0 Å². The molecular formula is C8H13NO2. The summed E-state index contributed by atoms with van der Waals surface area (Å²) >= 11 is 0. The first-order valence-corrected chi connectivity index (χ1v) is 3.55. The van der Waals surface area contributed by atoms with Gasteiger partial charge in [-0.1, -0.05) is 6.92 Å². The third-order valence-electron chi connectivity index (χ3n) is 1.31. The molecule has 0 radical (unpaired) electrons. The van der Waals surface area contributed by atoms with Gasteiger partial charge in [-0.05, 0) is 6.72 Å². The van der Waals surface area contributed by atoms with Crippen molar-refractivity contribution in [2.75, 3.05) is 6.61 Å². The third-order valence-corrected chi connectivity index (χ3v) is 1.31. The third kappa shape index (κ3) is 3.68. The summed E-state index contributed by atoms with van der Waals surface area (Å²) in [4.78, 5) is 14.5. The molecule has 0 spiro atoms. The largest absolute Gasteiger partial charge is 0.396 e. The number of Topliss-reactive ketones (excluding diaryl/α,β-unsaturated/α-hetero) is 1. The zero-order chi connectivity index (χ0) is 8.69. The zero-order valence-electron chi connectivity index (χ0n) is 6.71. The summed E-state index contributed by atoms with van der Waals surface area (Å²) in [6, 6.07) is 0. The van der Waals surface area contributed by atoms with E-state index in [0.717, 1.165) is 0 Å². The number of aliphatic hydroxyl groups is 1. The van der Waals surface area contributed by atoms with Crippen molar-refractivity contribution in [2.24, 2.45) is 4.99 Å². The fourth-order valence-electron chi connectivity index (χ4n) is 0.734. The molecule has 0 saturated carbocycles. The number of rotatable bonds is 5. The maximum Gasteiger partial charge on any atom is 0.160 e. The number of aliphatic imine (C=N–C) groups is 1. The van der Waals surface area contributed by atoms with Crippen molar-refractivity contribution in [2.45, 2.75) is 19.8 Å². The molecule has 0 aromatic carbocycles. The quantitative estimate of drug-likeness (QED) is 0.474. The van der Waals surface area contributed by atoms with E-state index in [1.807, 2.05) is 0 Å². The van der Waals surface area contributed by atoms with E-state index in [2.05, 4.69) is 11.7 Å². The van der Waals surface area contributed by atoms with Gasteiger partial charge in [0.25, 0.3) is 0 Å². The minimum absolute atomic E-state index is 0.0199. The summed E-state index contributed by atoms with van der Waals surface area (Å²) in [5.74, 6) is 0.0199. The first-order chi connectivity index (χ1) is 5.26. The van der Waals surface area contributed by atoms with Gasteiger partial charge in [-0.15, -0.1) is 0 Å². The first-order valence-electron chi connectivity index (χ1n) is 3.55. The van der Waals surface area contributed by atoms with Crippen LogP contribution in [0.15, 0.2) is 16.8 Å². The smallest absolute Gasteiger partial charge is 0.160 e. The number of aliphatic hydroxyl groups excluding tert-OH is 1. The summed E-state index contributed by atoms with van der Waals surface area (Å²) in [7, 11) is 0. The molecule has 0 saturated heterocycles. The van der Waals surface area contributed by atoms with Crippen LogP contribution in [0.1, 0.15) is 19.8 Å². The Morgan fingerprint density at radius 1 is 1.73 bits per heavy atom. The zero-order valence-corrected chi connectivity index (χ0v) is 6.71. The van der Waals surface area contributed by atoms with Crippen LogP contribution in [0.3, 0.4) is 0 Å². The van der Waals surface area contributed by atoms with Crippen LogP contribution < -0.4 is 0 Å². The topological polar surface area (TPSA) is 49.7 Å². The van der Waals surface area contributed by atoms with E-state index in [4.69, 9.17) is 5.11 Å². The summed E-state index contributed by atoms with van der Waals surface area (Å²) in [5, 5.41) is 8.55. The van der Waals surface area contributed by atoms with E-state index in [9.17, 15) is 4.79 Å². The van der Waals surface area contributed by atoms with Crippen molar-refractivity contribution in [1.82, 2.24) is 0 Å². The molecule has 3 heteroatoms. The van der Waals surface area contributed by atoms with Crippen molar-refractivity contribution in [3.8, 4) is 0 Å². The second-order valence-corrected chi connectivity index (χ2v) is 2.09. The Bertz CT molecular complexity index is 173. The highest BCUT2D eigenvalue weighted by atomic mass is 16.3. The van der Waals surface area contributed by atoms with Gasteiger partial charge >= 0.3 is 0 Å². The number of hydrogen-bond donors (Lipinski definition) is 1. The average molecular weight is 155 g/mol. The van der Waals surface area contributed by atoms with Crippen LogP contribution in [0.5, 0.6) is 0 Å². The van der Waals surface area contributed by atoms with Gasteiger partial charge in [0.05, 0.1) is 0 Å². The summed E-state index contributed by atoms with van der Waals surface area (Å²) in [6.07, 6.45) is 2.22. The van der Waals surface area contributed by atoms with Gasteiger partial charge in [0.15, 0.2) is 5.78 Å². The van der Waals surface area contributed by atoms with Crippen LogP contribution in [-0.2, 0) is 4.79 Å². The van der Waals surface area contributed by atoms with Crippen LogP contribution >= 0.6 is 0 Å². The molecule has 0 aromatic heterocycles. The van der Waals surface area contributed by atoms with Crippen LogP contribution in [0, 0.1) is 0 Å². The highest BCUT2D eigenvalue weighted by Crippen LogP contribution is 2.04. The second-order valence-electron chi connectivity index (χ2n) is 2.09. The molecular weight excluding hydrogens is 142 g/mol. The van der Waals surface area contributed by atoms with Gasteiger partial charge in [-0.25, -0.2) is 0 Å². The Morgan fingerprint density at radius 2 is 2.36 bits per heavy atom. The normalized spacial score (nSPS) is 11.3. The lowest BCUT2D eigenvalue weighted by Gasteiger charge is -1.99. The molecule has 0 heterocycles. The molecule has 0 aliphatic rings. The molecule has 0 unspecified atom stereocenters. The fraction of sp³-hybridized carbons (Fsp3) is 0.500. The Hall–Kier alpha value is -0.960. The molecule has 0 fully saturated rings. The maximum absolute atomic E-state index is 11.0. The minimum Gasteiger partial charge on any atom is -0.396 e. The van der Waals surface area contributed by atoms with E-state index in [-0.39, 0.29) is 12.4 Å². The number of carbonyl (C=O) groups excluding carboxylic acids is 1. The maximum atomic E-state index is 11.0. The summed E-state index contributed by atoms with van der Waals surface area (Å²) in [6.45, 7) is 4.99. The van der Waals surface area contributed by atoms with E-state index in [1.54, 1.807) is 6.92 Å². The predicted molar refractivity (Wildman–Crippen MR) is 44.6 cm³/mol. The van der Waals surface area contributed by atoms with Crippen LogP contribution in [-0.4, -0.2) is 24.2 Å². The van der Waals surface area contributed by atoms with E-state index < -0.39 is 0 Å². The molecule has 0 aliphatic heterocycles. The summed E-state index contributed by atoms with van der Waals surface area (Å²) in [5.41, 5.74) is 0.546. The van der Waals surface area contributed by atoms with Gasteiger partial charge in [0.1, 0.15) is 0 Å². The Morgan fingerprint density at radius 3 is 2.73 bits per heavy atom. The Kier molecular flexibility index (Phi) is 5.29. The molecule has 0 bridgehead atoms.